The minimum Gasteiger partial charge on any atom is -0.481 e. The largest absolute Gasteiger partial charge is 0.481 e. The number of hydrogen-bond acceptors (Lipinski definition) is 4. The highest BCUT2D eigenvalue weighted by atomic mass is 16.4. The van der Waals surface area contributed by atoms with Crippen molar-refractivity contribution in [1.29, 1.82) is 5.26 Å². The molecule has 1 unspecified atom stereocenters. The van der Waals surface area contributed by atoms with E-state index < -0.39 is 11.9 Å². The van der Waals surface area contributed by atoms with E-state index in [2.05, 4.69) is 11.1 Å². The number of aryl methyl sites for hydroxylation is 1. The smallest absolute Gasteiger partial charge is 0.308 e. The Morgan fingerprint density at radius 2 is 2.33 bits per heavy atom. The van der Waals surface area contributed by atoms with E-state index in [4.69, 9.17) is 10.4 Å². The third kappa shape index (κ3) is 2.98. The first-order valence-corrected chi connectivity index (χ1v) is 5.84. The molecule has 0 aliphatic rings. The molecule has 0 amide bonds. The molecule has 1 N–H and O–H groups in total. The summed E-state index contributed by atoms with van der Waals surface area (Å²) in [6.07, 6.45) is 1.64. The average Bonchev–Trinajstić information content (AvgIpc) is 2.35. The van der Waals surface area contributed by atoms with Crippen molar-refractivity contribution >= 4 is 11.8 Å². The fraction of sp³-hybridized carbons (Fsp3) is 0.462. The summed E-state index contributed by atoms with van der Waals surface area (Å²) in [4.78, 5) is 16.9. The summed E-state index contributed by atoms with van der Waals surface area (Å²) in [5.74, 6) is -0.786. The molecule has 0 aliphatic heterocycles. The number of nitrogens with zero attached hydrogens (tertiary/aromatic N) is 3. The molecule has 0 aliphatic carbocycles. The maximum atomic E-state index is 10.9. The van der Waals surface area contributed by atoms with Gasteiger partial charge in [0.05, 0.1) is 11.5 Å². The van der Waals surface area contributed by atoms with E-state index in [1.165, 1.54) is 0 Å². The van der Waals surface area contributed by atoms with Gasteiger partial charge in [0, 0.05) is 19.3 Å². The van der Waals surface area contributed by atoms with Crippen molar-refractivity contribution in [3.63, 3.8) is 0 Å². The van der Waals surface area contributed by atoms with Crippen LogP contribution in [-0.2, 0) is 4.79 Å². The van der Waals surface area contributed by atoms with Crippen LogP contribution < -0.4 is 4.90 Å². The van der Waals surface area contributed by atoms with Crippen LogP contribution in [0.15, 0.2) is 12.3 Å². The van der Waals surface area contributed by atoms with Gasteiger partial charge in [0.25, 0.3) is 0 Å². The maximum Gasteiger partial charge on any atom is 0.308 e. The second kappa shape index (κ2) is 6.01. The fourth-order valence-electron chi connectivity index (χ4n) is 1.70. The Hall–Kier alpha value is -2.09. The number of carbonyl (C=O) groups is 1. The van der Waals surface area contributed by atoms with Crippen molar-refractivity contribution in [2.45, 2.75) is 20.8 Å². The SMILES string of the molecule is CCN(CC(C)C(=O)O)c1nccc(C)c1C#N. The molecule has 1 rings (SSSR count). The Morgan fingerprint density at radius 1 is 1.67 bits per heavy atom. The van der Waals surface area contributed by atoms with Crippen LogP contribution in [0.25, 0.3) is 0 Å². The van der Waals surface area contributed by atoms with Crippen LogP contribution in [0.1, 0.15) is 25.0 Å². The van der Waals surface area contributed by atoms with Gasteiger partial charge in [0.2, 0.25) is 0 Å². The summed E-state index contributed by atoms with van der Waals surface area (Å²) in [7, 11) is 0. The molecular formula is C13H17N3O2. The van der Waals surface area contributed by atoms with E-state index in [0.717, 1.165) is 5.56 Å². The second-order valence-electron chi connectivity index (χ2n) is 4.22. The molecule has 18 heavy (non-hydrogen) atoms. The normalized spacial score (nSPS) is 11.7. The molecule has 1 heterocycles. The first-order valence-electron chi connectivity index (χ1n) is 5.84. The number of nitriles is 1. The number of carboxylic acid groups (broad SMARTS) is 1. The number of anilines is 1. The van der Waals surface area contributed by atoms with Crippen LogP contribution in [0.3, 0.4) is 0 Å². The van der Waals surface area contributed by atoms with Gasteiger partial charge in [-0.1, -0.05) is 6.92 Å². The predicted molar refractivity (Wildman–Crippen MR) is 68.4 cm³/mol. The van der Waals surface area contributed by atoms with Crippen molar-refractivity contribution in [3.8, 4) is 6.07 Å². The zero-order valence-corrected chi connectivity index (χ0v) is 10.8. The molecule has 1 aromatic rings. The van der Waals surface area contributed by atoms with E-state index in [-0.39, 0.29) is 0 Å². The Morgan fingerprint density at radius 3 is 2.83 bits per heavy atom. The molecule has 0 radical (unpaired) electrons. The molecule has 0 fully saturated rings. The van der Waals surface area contributed by atoms with Gasteiger partial charge in [-0.2, -0.15) is 5.26 Å². The molecule has 0 aromatic carbocycles. The Balaban J connectivity index is 3.07. The van der Waals surface area contributed by atoms with Gasteiger partial charge in [0.1, 0.15) is 11.9 Å². The fourth-order valence-corrected chi connectivity index (χ4v) is 1.70. The highest BCUT2D eigenvalue weighted by Crippen LogP contribution is 2.20. The van der Waals surface area contributed by atoms with Crippen LogP contribution in [0.2, 0.25) is 0 Å². The van der Waals surface area contributed by atoms with E-state index in [1.807, 2.05) is 18.7 Å². The van der Waals surface area contributed by atoms with Crippen molar-refractivity contribution in [2.75, 3.05) is 18.0 Å². The number of carboxylic acids is 1. The highest BCUT2D eigenvalue weighted by Gasteiger charge is 2.19. The lowest BCUT2D eigenvalue weighted by atomic mass is 10.1. The van der Waals surface area contributed by atoms with Gasteiger partial charge in [-0.25, -0.2) is 4.98 Å². The molecule has 0 saturated carbocycles. The number of rotatable bonds is 5. The molecular weight excluding hydrogens is 230 g/mol. The summed E-state index contributed by atoms with van der Waals surface area (Å²) in [6, 6.07) is 3.90. The summed E-state index contributed by atoms with van der Waals surface area (Å²) >= 11 is 0. The standard InChI is InChI=1S/C13H17N3O2/c1-4-16(8-10(3)13(17)18)12-11(7-14)9(2)5-6-15-12/h5-6,10H,4,8H2,1-3H3,(H,17,18). The topological polar surface area (TPSA) is 77.2 Å². The number of aromatic nitrogens is 1. The van der Waals surface area contributed by atoms with Crippen LogP contribution in [0.4, 0.5) is 5.82 Å². The van der Waals surface area contributed by atoms with Gasteiger partial charge in [-0.3, -0.25) is 4.79 Å². The van der Waals surface area contributed by atoms with Crippen LogP contribution in [-0.4, -0.2) is 29.1 Å². The number of hydrogen-bond donors (Lipinski definition) is 1. The van der Waals surface area contributed by atoms with E-state index in [0.29, 0.717) is 24.5 Å². The van der Waals surface area contributed by atoms with Crippen molar-refractivity contribution in [2.24, 2.45) is 5.92 Å². The molecule has 1 aromatic heterocycles. The van der Waals surface area contributed by atoms with E-state index in [1.54, 1.807) is 19.2 Å². The number of aliphatic carboxylic acids is 1. The predicted octanol–water partition coefficient (Wildman–Crippen LogP) is 1.81. The Bertz CT molecular complexity index is 480. The van der Waals surface area contributed by atoms with Gasteiger partial charge in [0.15, 0.2) is 0 Å². The number of pyridine rings is 1. The minimum absolute atomic E-state index is 0.344. The third-order valence-corrected chi connectivity index (χ3v) is 2.85. The average molecular weight is 247 g/mol. The monoisotopic (exact) mass is 247 g/mol. The van der Waals surface area contributed by atoms with Crippen LogP contribution in [0, 0.1) is 24.2 Å². The van der Waals surface area contributed by atoms with Crippen molar-refractivity contribution in [3.05, 3.63) is 23.4 Å². The minimum atomic E-state index is -0.848. The first kappa shape index (κ1) is 14.0. The third-order valence-electron chi connectivity index (χ3n) is 2.85. The Kier molecular flexibility index (Phi) is 4.67. The summed E-state index contributed by atoms with van der Waals surface area (Å²) in [5, 5.41) is 18.1. The summed E-state index contributed by atoms with van der Waals surface area (Å²) in [6.45, 7) is 6.37. The van der Waals surface area contributed by atoms with E-state index in [9.17, 15) is 4.79 Å². The molecule has 5 heteroatoms. The van der Waals surface area contributed by atoms with Gasteiger partial charge >= 0.3 is 5.97 Å². The molecule has 96 valence electrons. The second-order valence-corrected chi connectivity index (χ2v) is 4.22. The lowest BCUT2D eigenvalue weighted by Gasteiger charge is -2.25. The van der Waals surface area contributed by atoms with E-state index >= 15 is 0 Å². The van der Waals surface area contributed by atoms with Gasteiger partial charge < -0.3 is 10.0 Å². The molecule has 0 spiro atoms. The lowest BCUT2D eigenvalue weighted by Crippen LogP contribution is -2.33. The lowest BCUT2D eigenvalue weighted by molar-refractivity contribution is -0.140. The van der Waals surface area contributed by atoms with Gasteiger partial charge in [-0.05, 0) is 25.5 Å². The zero-order chi connectivity index (χ0) is 13.7. The zero-order valence-electron chi connectivity index (χ0n) is 10.8. The van der Waals surface area contributed by atoms with Gasteiger partial charge in [-0.15, -0.1) is 0 Å². The maximum absolute atomic E-state index is 10.9. The van der Waals surface area contributed by atoms with Crippen molar-refractivity contribution in [1.82, 2.24) is 4.98 Å². The molecule has 1 atom stereocenters. The van der Waals surface area contributed by atoms with Crippen molar-refractivity contribution < 1.29 is 9.90 Å². The van der Waals surface area contributed by atoms with Crippen LogP contribution >= 0.6 is 0 Å². The molecule has 0 saturated heterocycles. The summed E-state index contributed by atoms with van der Waals surface area (Å²) < 4.78 is 0. The summed E-state index contributed by atoms with van der Waals surface area (Å²) in [5.41, 5.74) is 1.36. The van der Waals surface area contributed by atoms with Crippen LogP contribution in [0.5, 0.6) is 0 Å². The highest BCUT2D eigenvalue weighted by molar-refractivity contribution is 5.70. The molecule has 5 nitrogen and oxygen atoms in total. The molecule has 0 bridgehead atoms. The Labute approximate surface area is 107 Å². The first-order chi connectivity index (χ1) is 8.51. The quantitative estimate of drug-likeness (QED) is 0.858.